The van der Waals surface area contributed by atoms with Crippen LogP contribution < -0.4 is 10.1 Å². The Labute approximate surface area is 109 Å². The van der Waals surface area contributed by atoms with Gasteiger partial charge in [-0.25, -0.2) is 0 Å². The van der Waals surface area contributed by atoms with Crippen molar-refractivity contribution < 1.29 is 4.74 Å². The topological polar surface area (TPSA) is 47.0 Å². The van der Waals surface area contributed by atoms with E-state index in [0.717, 1.165) is 31.0 Å². The van der Waals surface area contributed by atoms with E-state index in [-0.39, 0.29) is 0 Å². The third-order valence-electron chi connectivity index (χ3n) is 3.65. The summed E-state index contributed by atoms with van der Waals surface area (Å²) < 4.78 is 5.93. The van der Waals surface area contributed by atoms with E-state index in [4.69, 9.17) is 4.74 Å². The molecule has 18 heavy (non-hydrogen) atoms. The zero-order chi connectivity index (χ0) is 12.8. The van der Waals surface area contributed by atoms with Crippen molar-refractivity contribution in [3.8, 4) is 5.88 Å². The Kier molecular flexibility index (Phi) is 4.93. The first-order valence-corrected chi connectivity index (χ1v) is 6.95. The summed E-state index contributed by atoms with van der Waals surface area (Å²) in [6.07, 6.45) is 6.52. The van der Waals surface area contributed by atoms with E-state index in [0.29, 0.717) is 12.0 Å². The number of nitrogens with one attached hydrogen (secondary N) is 1. The van der Waals surface area contributed by atoms with Gasteiger partial charge in [0.1, 0.15) is 6.10 Å². The lowest BCUT2D eigenvalue weighted by Crippen LogP contribution is -2.25. The highest BCUT2D eigenvalue weighted by molar-refractivity contribution is 5.11. The van der Waals surface area contributed by atoms with Crippen LogP contribution in [0.2, 0.25) is 0 Å². The lowest BCUT2D eigenvalue weighted by atomic mass is 9.85. The van der Waals surface area contributed by atoms with Gasteiger partial charge >= 0.3 is 0 Å². The van der Waals surface area contributed by atoms with Crippen molar-refractivity contribution in [1.82, 2.24) is 15.5 Å². The number of hydrogen-bond donors (Lipinski definition) is 1. The Bertz CT molecular complexity index is 353. The molecule has 0 bridgehead atoms. The van der Waals surface area contributed by atoms with Gasteiger partial charge < -0.3 is 10.1 Å². The fraction of sp³-hybridized carbons (Fsp3) is 0.714. The van der Waals surface area contributed by atoms with Crippen molar-refractivity contribution in [3.63, 3.8) is 0 Å². The maximum Gasteiger partial charge on any atom is 0.233 e. The highest BCUT2D eigenvalue weighted by Crippen LogP contribution is 2.28. The van der Waals surface area contributed by atoms with Crippen LogP contribution in [0, 0.1) is 5.92 Å². The van der Waals surface area contributed by atoms with E-state index in [9.17, 15) is 0 Å². The Morgan fingerprint density at radius 3 is 2.89 bits per heavy atom. The second-order valence-electron chi connectivity index (χ2n) is 5.07. The first-order chi connectivity index (χ1) is 8.81. The van der Waals surface area contributed by atoms with Crippen LogP contribution in [0.3, 0.4) is 0 Å². The number of nitrogens with zero attached hydrogens (tertiary/aromatic N) is 2. The van der Waals surface area contributed by atoms with Gasteiger partial charge in [0.2, 0.25) is 5.88 Å². The molecule has 2 unspecified atom stereocenters. The first kappa shape index (κ1) is 13.3. The van der Waals surface area contributed by atoms with Crippen LogP contribution in [0.5, 0.6) is 5.88 Å². The molecule has 1 aromatic heterocycles. The van der Waals surface area contributed by atoms with E-state index < -0.39 is 0 Å². The van der Waals surface area contributed by atoms with Crippen molar-refractivity contribution in [2.75, 3.05) is 7.05 Å². The molecule has 0 aromatic carbocycles. The molecule has 1 aliphatic carbocycles. The molecule has 100 valence electrons. The van der Waals surface area contributed by atoms with Gasteiger partial charge in [-0.3, -0.25) is 0 Å². The quantitative estimate of drug-likeness (QED) is 0.871. The number of hydrogen-bond acceptors (Lipinski definition) is 4. The predicted octanol–water partition coefficient (Wildman–Crippen LogP) is 2.54. The molecule has 0 amide bonds. The van der Waals surface area contributed by atoms with Crippen LogP contribution in [-0.4, -0.2) is 23.3 Å². The summed E-state index contributed by atoms with van der Waals surface area (Å²) in [5.41, 5.74) is 0.944. The van der Waals surface area contributed by atoms with Gasteiger partial charge in [0.05, 0.1) is 5.69 Å². The molecule has 0 radical (unpaired) electrons. The van der Waals surface area contributed by atoms with Crippen LogP contribution in [0.15, 0.2) is 12.1 Å². The Morgan fingerprint density at radius 1 is 1.33 bits per heavy atom. The van der Waals surface area contributed by atoms with E-state index in [1.807, 2.05) is 19.2 Å². The van der Waals surface area contributed by atoms with Crippen LogP contribution >= 0.6 is 0 Å². The van der Waals surface area contributed by atoms with Crippen molar-refractivity contribution in [2.24, 2.45) is 5.92 Å². The third kappa shape index (κ3) is 3.67. The standard InChI is InChI=1S/C14H23N3O/c1-3-11-5-4-6-13(9-11)18-14-8-7-12(10-15-2)16-17-14/h7-8,11,13,15H,3-6,9-10H2,1-2H3. The zero-order valence-corrected chi connectivity index (χ0v) is 11.4. The summed E-state index contributed by atoms with van der Waals surface area (Å²) in [4.78, 5) is 0. The molecule has 0 saturated heterocycles. The number of ether oxygens (including phenoxy) is 1. The van der Waals surface area contributed by atoms with Crippen molar-refractivity contribution in [3.05, 3.63) is 17.8 Å². The van der Waals surface area contributed by atoms with Crippen LogP contribution in [0.25, 0.3) is 0 Å². The van der Waals surface area contributed by atoms with E-state index in [1.54, 1.807) is 0 Å². The summed E-state index contributed by atoms with van der Waals surface area (Å²) in [6, 6.07) is 3.90. The van der Waals surface area contributed by atoms with E-state index in [1.165, 1.54) is 19.3 Å². The molecule has 4 nitrogen and oxygen atoms in total. The Hall–Kier alpha value is -1.16. The largest absolute Gasteiger partial charge is 0.473 e. The van der Waals surface area contributed by atoms with Crippen LogP contribution in [-0.2, 0) is 6.54 Å². The van der Waals surface area contributed by atoms with Gasteiger partial charge in [-0.2, -0.15) is 5.10 Å². The molecule has 4 heteroatoms. The molecule has 2 rings (SSSR count). The summed E-state index contributed by atoms with van der Waals surface area (Å²) in [5.74, 6) is 1.48. The maximum atomic E-state index is 5.93. The molecule has 1 aromatic rings. The highest BCUT2D eigenvalue weighted by Gasteiger charge is 2.22. The smallest absolute Gasteiger partial charge is 0.233 e. The molecule has 1 aliphatic rings. The SMILES string of the molecule is CCC1CCCC(Oc2ccc(CNC)nn2)C1. The van der Waals surface area contributed by atoms with Crippen molar-refractivity contribution in [2.45, 2.75) is 51.7 Å². The second-order valence-corrected chi connectivity index (χ2v) is 5.07. The monoisotopic (exact) mass is 249 g/mol. The lowest BCUT2D eigenvalue weighted by Gasteiger charge is -2.28. The average molecular weight is 249 g/mol. The highest BCUT2D eigenvalue weighted by atomic mass is 16.5. The maximum absolute atomic E-state index is 5.93. The molecule has 0 aliphatic heterocycles. The molecule has 1 saturated carbocycles. The van der Waals surface area contributed by atoms with Gasteiger partial charge in [0, 0.05) is 12.6 Å². The second kappa shape index (κ2) is 6.69. The first-order valence-electron chi connectivity index (χ1n) is 6.95. The van der Waals surface area contributed by atoms with E-state index in [2.05, 4.69) is 22.4 Å². The van der Waals surface area contributed by atoms with Gasteiger partial charge in [0.15, 0.2) is 0 Å². The van der Waals surface area contributed by atoms with Gasteiger partial charge in [-0.15, -0.1) is 5.10 Å². The molecule has 1 fully saturated rings. The number of rotatable bonds is 5. The third-order valence-corrected chi connectivity index (χ3v) is 3.65. The summed E-state index contributed by atoms with van der Waals surface area (Å²) in [6.45, 7) is 3.01. The normalized spacial score (nSPS) is 23.9. The van der Waals surface area contributed by atoms with Gasteiger partial charge in [-0.1, -0.05) is 19.8 Å². The summed E-state index contributed by atoms with van der Waals surface area (Å²) in [5, 5.41) is 11.3. The van der Waals surface area contributed by atoms with Crippen LogP contribution in [0.4, 0.5) is 0 Å². The zero-order valence-electron chi connectivity index (χ0n) is 11.4. The molecule has 1 N–H and O–H groups in total. The fourth-order valence-electron chi connectivity index (χ4n) is 2.58. The molecule has 0 spiro atoms. The minimum atomic E-state index is 0.327. The lowest BCUT2D eigenvalue weighted by molar-refractivity contribution is 0.116. The summed E-state index contributed by atoms with van der Waals surface area (Å²) >= 11 is 0. The Balaban J connectivity index is 1.88. The molecule has 1 heterocycles. The van der Waals surface area contributed by atoms with Crippen LogP contribution in [0.1, 0.15) is 44.7 Å². The minimum absolute atomic E-state index is 0.327. The van der Waals surface area contributed by atoms with Gasteiger partial charge in [0.25, 0.3) is 0 Å². The van der Waals surface area contributed by atoms with Crippen molar-refractivity contribution in [1.29, 1.82) is 0 Å². The molecule has 2 atom stereocenters. The minimum Gasteiger partial charge on any atom is -0.473 e. The number of aromatic nitrogens is 2. The van der Waals surface area contributed by atoms with Crippen molar-refractivity contribution >= 4 is 0 Å². The molecular weight excluding hydrogens is 226 g/mol. The predicted molar refractivity (Wildman–Crippen MR) is 71.5 cm³/mol. The van der Waals surface area contributed by atoms with E-state index >= 15 is 0 Å². The van der Waals surface area contributed by atoms with Gasteiger partial charge in [-0.05, 0) is 38.3 Å². The summed E-state index contributed by atoms with van der Waals surface area (Å²) in [7, 11) is 1.90. The average Bonchev–Trinajstić information content (AvgIpc) is 2.42. The molecular formula is C14H23N3O. The Morgan fingerprint density at radius 2 is 2.22 bits per heavy atom. The fourth-order valence-corrected chi connectivity index (χ4v) is 2.58.